The van der Waals surface area contributed by atoms with Gasteiger partial charge in [0.05, 0.1) is 18.3 Å². The van der Waals surface area contributed by atoms with Crippen LogP contribution < -0.4 is 14.8 Å². The lowest BCUT2D eigenvalue weighted by Gasteiger charge is -2.15. The van der Waals surface area contributed by atoms with Crippen molar-refractivity contribution in [2.75, 3.05) is 11.9 Å². The molecule has 0 unspecified atom stereocenters. The molecule has 0 radical (unpaired) electrons. The summed E-state index contributed by atoms with van der Waals surface area (Å²) in [6, 6.07) is 23.0. The molecule has 0 spiro atoms. The number of anilines is 1. The van der Waals surface area contributed by atoms with Crippen molar-refractivity contribution in [3.8, 4) is 11.5 Å². The minimum absolute atomic E-state index is 0.0185. The van der Waals surface area contributed by atoms with Crippen LogP contribution in [0.25, 0.3) is 0 Å². The Labute approximate surface area is 180 Å². The van der Waals surface area contributed by atoms with Crippen molar-refractivity contribution in [1.82, 2.24) is 0 Å². The van der Waals surface area contributed by atoms with Crippen molar-refractivity contribution >= 4 is 27.5 Å². The second-order valence-electron chi connectivity index (χ2n) is 6.87. The molecule has 0 saturated carbocycles. The zero-order valence-corrected chi connectivity index (χ0v) is 18.1. The number of amides is 1. The van der Waals surface area contributed by atoms with Crippen LogP contribution in [0.5, 0.6) is 11.5 Å². The van der Waals surface area contributed by atoms with Gasteiger partial charge in [-0.25, -0.2) is 0 Å². The summed E-state index contributed by atoms with van der Waals surface area (Å²) < 4.78 is 12.4. The minimum atomic E-state index is -0.223. The number of ether oxygens (including phenoxy) is 2. The van der Waals surface area contributed by atoms with Gasteiger partial charge in [-0.05, 0) is 61.9 Å². The van der Waals surface area contributed by atoms with Gasteiger partial charge in [-0.3, -0.25) is 4.79 Å². The standard InChI is InChI=1S/C24H24BrNO3/c1-17(2)29-23-13-8-19(25)16-22(23)24(27)26-20-9-11-21(12-10-20)28-15-14-18-6-4-3-5-7-18/h3-13,16-17H,14-15H2,1-2H3,(H,26,27). The van der Waals surface area contributed by atoms with Crippen LogP contribution in [0.3, 0.4) is 0 Å². The van der Waals surface area contributed by atoms with Gasteiger partial charge in [-0.1, -0.05) is 46.3 Å². The highest BCUT2D eigenvalue weighted by Crippen LogP contribution is 2.26. The maximum Gasteiger partial charge on any atom is 0.259 e. The molecular formula is C24H24BrNO3. The predicted octanol–water partition coefficient (Wildman–Crippen LogP) is 6.11. The summed E-state index contributed by atoms with van der Waals surface area (Å²) in [5.74, 6) is 1.10. The number of rotatable bonds is 8. The van der Waals surface area contributed by atoms with E-state index in [0.29, 0.717) is 23.6 Å². The molecule has 0 atom stereocenters. The van der Waals surface area contributed by atoms with E-state index in [1.165, 1.54) is 5.56 Å². The minimum Gasteiger partial charge on any atom is -0.493 e. The average molecular weight is 454 g/mol. The van der Waals surface area contributed by atoms with E-state index in [1.54, 1.807) is 12.1 Å². The molecule has 3 aromatic carbocycles. The van der Waals surface area contributed by atoms with Crippen molar-refractivity contribution in [1.29, 1.82) is 0 Å². The van der Waals surface area contributed by atoms with Crippen LogP contribution in [0.15, 0.2) is 77.3 Å². The molecule has 0 bridgehead atoms. The van der Waals surface area contributed by atoms with Gasteiger partial charge < -0.3 is 14.8 Å². The molecule has 1 amide bonds. The Bertz CT molecular complexity index is 940. The number of halogens is 1. The Morgan fingerprint density at radius 3 is 2.41 bits per heavy atom. The first kappa shape index (κ1) is 20.9. The van der Waals surface area contributed by atoms with Gasteiger partial charge in [0, 0.05) is 16.6 Å². The lowest BCUT2D eigenvalue weighted by atomic mass is 10.1. The molecule has 0 aromatic heterocycles. The van der Waals surface area contributed by atoms with Gasteiger partial charge in [0.15, 0.2) is 0 Å². The summed E-state index contributed by atoms with van der Waals surface area (Å²) >= 11 is 3.41. The van der Waals surface area contributed by atoms with Crippen molar-refractivity contribution < 1.29 is 14.3 Å². The molecule has 3 rings (SSSR count). The van der Waals surface area contributed by atoms with E-state index >= 15 is 0 Å². The van der Waals surface area contributed by atoms with Crippen molar-refractivity contribution in [3.05, 3.63) is 88.4 Å². The molecule has 5 heteroatoms. The first-order chi connectivity index (χ1) is 14.0. The summed E-state index contributed by atoms with van der Waals surface area (Å²) in [6.07, 6.45) is 0.830. The van der Waals surface area contributed by atoms with Crippen LogP contribution in [0.1, 0.15) is 29.8 Å². The molecule has 4 nitrogen and oxygen atoms in total. The third kappa shape index (κ3) is 6.36. The molecular weight excluding hydrogens is 430 g/mol. The fraction of sp³-hybridized carbons (Fsp3) is 0.208. The van der Waals surface area contributed by atoms with Gasteiger partial charge in [0.1, 0.15) is 11.5 Å². The van der Waals surface area contributed by atoms with Crippen molar-refractivity contribution in [3.63, 3.8) is 0 Å². The lowest BCUT2D eigenvalue weighted by molar-refractivity contribution is 0.102. The van der Waals surface area contributed by atoms with E-state index in [0.717, 1.165) is 16.6 Å². The van der Waals surface area contributed by atoms with Crippen LogP contribution in [0.4, 0.5) is 5.69 Å². The SMILES string of the molecule is CC(C)Oc1ccc(Br)cc1C(=O)Nc1ccc(OCCc2ccccc2)cc1. The third-order valence-electron chi connectivity index (χ3n) is 4.16. The predicted molar refractivity (Wildman–Crippen MR) is 120 cm³/mol. The topological polar surface area (TPSA) is 47.6 Å². The fourth-order valence-corrected chi connectivity index (χ4v) is 3.16. The highest BCUT2D eigenvalue weighted by atomic mass is 79.9. The number of carbonyl (C=O) groups excluding carboxylic acids is 1. The number of hydrogen-bond acceptors (Lipinski definition) is 3. The fourth-order valence-electron chi connectivity index (χ4n) is 2.80. The summed E-state index contributed by atoms with van der Waals surface area (Å²) in [5.41, 5.74) is 2.42. The lowest BCUT2D eigenvalue weighted by Crippen LogP contribution is -2.15. The van der Waals surface area contributed by atoms with Gasteiger partial charge in [-0.15, -0.1) is 0 Å². The maximum atomic E-state index is 12.7. The van der Waals surface area contributed by atoms with E-state index in [9.17, 15) is 4.79 Å². The number of nitrogens with one attached hydrogen (secondary N) is 1. The molecule has 0 heterocycles. The van der Waals surface area contributed by atoms with Crippen molar-refractivity contribution in [2.24, 2.45) is 0 Å². The Morgan fingerprint density at radius 1 is 1.00 bits per heavy atom. The Morgan fingerprint density at radius 2 is 1.72 bits per heavy atom. The highest BCUT2D eigenvalue weighted by molar-refractivity contribution is 9.10. The van der Waals surface area contributed by atoms with E-state index in [-0.39, 0.29) is 12.0 Å². The largest absolute Gasteiger partial charge is 0.493 e. The van der Waals surface area contributed by atoms with Crippen LogP contribution >= 0.6 is 15.9 Å². The molecule has 3 aromatic rings. The number of hydrogen-bond donors (Lipinski definition) is 1. The molecule has 150 valence electrons. The highest BCUT2D eigenvalue weighted by Gasteiger charge is 2.15. The first-order valence-electron chi connectivity index (χ1n) is 9.55. The van der Waals surface area contributed by atoms with E-state index in [2.05, 4.69) is 33.4 Å². The van der Waals surface area contributed by atoms with Crippen molar-refractivity contribution in [2.45, 2.75) is 26.4 Å². The van der Waals surface area contributed by atoms with Crippen LogP contribution in [-0.2, 0) is 6.42 Å². The van der Waals surface area contributed by atoms with Gasteiger partial charge in [0.25, 0.3) is 5.91 Å². The molecule has 0 aliphatic heterocycles. The number of carbonyl (C=O) groups is 1. The molecule has 1 N–H and O–H groups in total. The summed E-state index contributed by atoms with van der Waals surface area (Å²) in [7, 11) is 0. The van der Waals surface area contributed by atoms with Gasteiger partial charge in [0.2, 0.25) is 0 Å². The zero-order valence-electron chi connectivity index (χ0n) is 16.5. The van der Waals surface area contributed by atoms with E-state index < -0.39 is 0 Å². The Balaban J connectivity index is 1.59. The molecule has 0 aliphatic rings. The van der Waals surface area contributed by atoms with E-state index in [4.69, 9.17) is 9.47 Å². The van der Waals surface area contributed by atoms with Gasteiger partial charge >= 0.3 is 0 Å². The molecule has 0 aliphatic carbocycles. The van der Waals surface area contributed by atoms with E-state index in [1.807, 2.05) is 62.4 Å². The Hall–Kier alpha value is -2.79. The Kier molecular flexibility index (Phi) is 7.30. The second kappa shape index (κ2) is 10.1. The normalized spacial score (nSPS) is 10.6. The summed E-state index contributed by atoms with van der Waals surface area (Å²) in [4.78, 5) is 12.7. The monoisotopic (exact) mass is 453 g/mol. The zero-order chi connectivity index (χ0) is 20.6. The van der Waals surface area contributed by atoms with Crippen LogP contribution in [0, 0.1) is 0 Å². The first-order valence-corrected chi connectivity index (χ1v) is 10.3. The average Bonchev–Trinajstić information content (AvgIpc) is 2.71. The summed E-state index contributed by atoms with van der Waals surface area (Å²) in [5, 5.41) is 2.91. The van der Waals surface area contributed by atoms with Crippen LogP contribution in [-0.4, -0.2) is 18.6 Å². The summed E-state index contributed by atoms with van der Waals surface area (Å²) in [6.45, 7) is 4.46. The molecule has 0 fully saturated rings. The smallest absolute Gasteiger partial charge is 0.259 e. The van der Waals surface area contributed by atoms with Crippen LogP contribution in [0.2, 0.25) is 0 Å². The molecule has 29 heavy (non-hydrogen) atoms. The second-order valence-corrected chi connectivity index (χ2v) is 7.79. The third-order valence-corrected chi connectivity index (χ3v) is 4.66. The van der Waals surface area contributed by atoms with Gasteiger partial charge in [-0.2, -0.15) is 0 Å². The molecule has 0 saturated heterocycles. The maximum absolute atomic E-state index is 12.7. The number of benzene rings is 3. The quantitative estimate of drug-likeness (QED) is 0.447.